The Kier molecular flexibility index (Phi) is 3.27. The van der Waals surface area contributed by atoms with E-state index < -0.39 is 10.0 Å². The van der Waals surface area contributed by atoms with Gasteiger partial charge in [-0.25, -0.2) is 13.1 Å². The fourth-order valence-corrected chi connectivity index (χ4v) is 4.06. The van der Waals surface area contributed by atoms with Gasteiger partial charge in [-0.3, -0.25) is 0 Å². The first kappa shape index (κ1) is 12.9. The molecular weight excluding hydrogens is 260 g/mol. The normalized spacial score (nSPS) is 25.5. The lowest BCUT2D eigenvalue weighted by Crippen LogP contribution is -2.27. The van der Waals surface area contributed by atoms with E-state index in [1.807, 2.05) is 6.07 Å². The number of benzene rings is 1. The highest BCUT2D eigenvalue weighted by Gasteiger charge is 2.38. The van der Waals surface area contributed by atoms with Crippen molar-refractivity contribution in [1.29, 1.82) is 0 Å². The second-order valence-corrected chi connectivity index (χ2v) is 7.20. The monoisotopic (exact) mass is 280 g/mol. The van der Waals surface area contributed by atoms with Gasteiger partial charge in [-0.1, -0.05) is 19.4 Å². The van der Waals surface area contributed by atoms with E-state index in [2.05, 4.69) is 17.0 Å². The van der Waals surface area contributed by atoms with Crippen molar-refractivity contribution in [2.45, 2.75) is 43.5 Å². The first-order valence-electron chi connectivity index (χ1n) is 6.99. The van der Waals surface area contributed by atoms with E-state index >= 15 is 0 Å². The molecule has 0 saturated heterocycles. The van der Waals surface area contributed by atoms with Gasteiger partial charge in [0, 0.05) is 18.3 Å². The van der Waals surface area contributed by atoms with Crippen LogP contribution in [0.15, 0.2) is 23.1 Å². The smallest absolute Gasteiger partial charge is 0.240 e. The maximum Gasteiger partial charge on any atom is 0.240 e. The number of aryl methyl sites for hydroxylation is 1. The van der Waals surface area contributed by atoms with Crippen molar-refractivity contribution in [3.05, 3.63) is 23.8 Å². The molecule has 0 aromatic heterocycles. The van der Waals surface area contributed by atoms with Crippen LogP contribution in [0, 0.1) is 5.92 Å². The Labute approximate surface area is 114 Å². The summed E-state index contributed by atoms with van der Waals surface area (Å²) >= 11 is 0. The minimum Gasteiger partial charge on any atom is -0.385 e. The maximum atomic E-state index is 12.3. The molecule has 1 fully saturated rings. The van der Waals surface area contributed by atoms with E-state index in [9.17, 15) is 8.42 Å². The second kappa shape index (κ2) is 4.80. The highest BCUT2D eigenvalue weighted by atomic mass is 32.2. The summed E-state index contributed by atoms with van der Waals surface area (Å²) < 4.78 is 27.4. The summed E-state index contributed by atoms with van der Waals surface area (Å²) in [5.41, 5.74) is 2.18. The van der Waals surface area contributed by atoms with Gasteiger partial charge in [0.2, 0.25) is 10.0 Å². The second-order valence-electron chi connectivity index (χ2n) is 5.48. The Bertz CT molecular complexity index is 583. The Hall–Kier alpha value is -1.07. The topological polar surface area (TPSA) is 58.2 Å². The molecule has 2 atom stereocenters. The van der Waals surface area contributed by atoms with Crippen LogP contribution in [0.4, 0.5) is 5.69 Å². The van der Waals surface area contributed by atoms with Crippen LogP contribution in [0.3, 0.4) is 0 Å². The van der Waals surface area contributed by atoms with E-state index in [4.69, 9.17) is 0 Å². The molecule has 2 unspecified atom stereocenters. The number of anilines is 1. The summed E-state index contributed by atoms with van der Waals surface area (Å²) in [5.74, 6) is 0.519. The molecule has 1 aliphatic heterocycles. The molecule has 104 valence electrons. The first-order chi connectivity index (χ1) is 9.10. The summed E-state index contributed by atoms with van der Waals surface area (Å²) in [5, 5.41) is 3.27. The summed E-state index contributed by atoms with van der Waals surface area (Å²) in [4.78, 5) is 0.377. The Morgan fingerprint density at radius 3 is 3.00 bits per heavy atom. The molecule has 2 N–H and O–H groups in total. The highest BCUT2D eigenvalue weighted by molar-refractivity contribution is 7.89. The maximum absolute atomic E-state index is 12.3. The van der Waals surface area contributed by atoms with E-state index in [1.165, 1.54) is 5.56 Å². The summed E-state index contributed by atoms with van der Waals surface area (Å²) in [6.07, 6.45) is 4.14. The fourth-order valence-electron chi connectivity index (χ4n) is 2.72. The molecule has 1 saturated carbocycles. The lowest BCUT2D eigenvalue weighted by molar-refractivity contribution is 0.576. The average Bonchev–Trinajstić information content (AvgIpc) is 3.15. The van der Waals surface area contributed by atoms with Crippen molar-refractivity contribution < 1.29 is 8.42 Å². The fraction of sp³-hybridized carbons (Fsp3) is 0.571. The Morgan fingerprint density at radius 2 is 2.26 bits per heavy atom. The van der Waals surface area contributed by atoms with Crippen molar-refractivity contribution in [2.75, 3.05) is 11.9 Å². The third-order valence-electron chi connectivity index (χ3n) is 4.08. The van der Waals surface area contributed by atoms with Crippen LogP contribution in [-0.4, -0.2) is 21.0 Å². The lowest BCUT2D eigenvalue weighted by Gasteiger charge is -2.18. The van der Waals surface area contributed by atoms with Crippen LogP contribution in [0.1, 0.15) is 31.7 Å². The highest BCUT2D eigenvalue weighted by Crippen LogP contribution is 2.34. The quantitative estimate of drug-likeness (QED) is 0.888. The van der Waals surface area contributed by atoms with Crippen LogP contribution in [0.25, 0.3) is 0 Å². The molecule has 19 heavy (non-hydrogen) atoms. The largest absolute Gasteiger partial charge is 0.385 e. The van der Waals surface area contributed by atoms with Gasteiger partial charge in [-0.2, -0.15) is 0 Å². The zero-order valence-corrected chi connectivity index (χ0v) is 12.0. The molecule has 1 aromatic rings. The minimum atomic E-state index is -3.36. The molecular formula is C14H20N2O2S. The van der Waals surface area contributed by atoms with Gasteiger partial charge in [0.25, 0.3) is 0 Å². The van der Waals surface area contributed by atoms with Crippen LogP contribution in [0.5, 0.6) is 0 Å². The number of hydrogen-bond acceptors (Lipinski definition) is 3. The third-order valence-corrected chi connectivity index (χ3v) is 5.57. The molecule has 5 heteroatoms. The molecule has 1 aromatic carbocycles. The standard InChI is InChI=1S/C14H20N2O2S/c1-2-10-8-14(10)16-19(17,18)12-6-5-11-4-3-7-15-13(11)9-12/h5-6,9-10,14-16H,2-4,7-8H2,1H3. The number of fused-ring (bicyclic) bond motifs is 1. The molecule has 0 bridgehead atoms. The van der Waals surface area contributed by atoms with Crippen LogP contribution < -0.4 is 10.0 Å². The Balaban J connectivity index is 1.81. The Morgan fingerprint density at radius 1 is 1.42 bits per heavy atom. The summed E-state index contributed by atoms with van der Waals surface area (Å²) in [6.45, 7) is 3.02. The van der Waals surface area contributed by atoms with Crippen molar-refractivity contribution in [1.82, 2.24) is 4.72 Å². The number of rotatable bonds is 4. The minimum absolute atomic E-state index is 0.138. The van der Waals surface area contributed by atoms with Crippen molar-refractivity contribution in [2.24, 2.45) is 5.92 Å². The number of nitrogens with one attached hydrogen (secondary N) is 2. The van der Waals surface area contributed by atoms with Crippen LogP contribution in [0.2, 0.25) is 0 Å². The van der Waals surface area contributed by atoms with Gasteiger partial charge in [0.15, 0.2) is 0 Å². The molecule has 2 aliphatic rings. The zero-order chi connectivity index (χ0) is 13.5. The third kappa shape index (κ3) is 2.62. The van der Waals surface area contributed by atoms with Gasteiger partial charge in [-0.15, -0.1) is 0 Å². The molecule has 1 aliphatic carbocycles. The van der Waals surface area contributed by atoms with E-state index in [0.29, 0.717) is 10.8 Å². The molecule has 1 heterocycles. The van der Waals surface area contributed by atoms with E-state index in [0.717, 1.165) is 37.9 Å². The average molecular weight is 280 g/mol. The zero-order valence-electron chi connectivity index (χ0n) is 11.1. The van der Waals surface area contributed by atoms with Gasteiger partial charge in [-0.05, 0) is 42.9 Å². The predicted octanol–water partition coefficient (Wildman–Crippen LogP) is 2.12. The number of sulfonamides is 1. The molecule has 0 spiro atoms. The molecule has 3 rings (SSSR count). The summed E-state index contributed by atoms with van der Waals surface area (Å²) in [7, 11) is -3.36. The van der Waals surface area contributed by atoms with Crippen molar-refractivity contribution in [3.8, 4) is 0 Å². The van der Waals surface area contributed by atoms with E-state index in [-0.39, 0.29) is 6.04 Å². The SMILES string of the molecule is CCC1CC1NS(=O)(=O)c1ccc2c(c1)NCCC2. The molecule has 4 nitrogen and oxygen atoms in total. The first-order valence-corrected chi connectivity index (χ1v) is 8.47. The van der Waals surface area contributed by atoms with Gasteiger partial charge < -0.3 is 5.32 Å². The molecule has 0 radical (unpaired) electrons. The van der Waals surface area contributed by atoms with Crippen molar-refractivity contribution >= 4 is 15.7 Å². The number of hydrogen-bond donors (Lipinski definition) is 2. The van der Waals surface area contributed by atoms with Gasteiger partial charge in [0.05, 0.1) is 4.90 Å². The van der Waals surface area contributed by atoms with Crippen molar-refractivity contribution in [3.63, 3.8) is 0 Å². The van der Waals surface area contributed by atoms with Crippen LogP contribution >= 0.6 is 0 Å². The predicted molar refractivity (Wildman–Crippen MR) is 75.8 cm³/mol. The van der Waals surface area contributed by atoms with Gasteiger partial charge >= 0.3 is 0 Å². The lowest BCUT2D eigenvalue weighted by atomic mass is 10.0. The van der Waals surface area contributed by atoms with Crippen LogP contribution in [-0.2, 0) is 16.4 Å². The van der Waals surface area contributed by atoms with Gasteiger partial charge in [0.1, 0.15) is 0 Å². The molecule has 0 amide bonds. The van der Waals surface area contributed by atoms with E-state index in [1.54, 1.807) is 12.1 Å². The summed E-state index contributed by atoms with van der Waals surface area (Å²) in [6, 6.07) is 5.55.